The highest BCUT2D eigenvalue weighted by Gasteiger charge is 1.96. The van der Waals surface area contributed by atoms with Crippen molar-refractivity contribution in [3.05, 3.63) is 34.2 Å². The van der Waals surface area contributed by atoms with Gasteiger partial charge >= 0.3 is 0 Å². The molecule has 66 valence electrons. The third-order valence-corrected chi connectivity index (χ3v) is 1.66. The molecule has 2 N–H and O–H groups in total. The molecule has 0 spiro atoms. The normalized spacial score (nSPS) is 12.9. The Labute approximate surface area is 71.8 Å². The van der Waals surface area contributed by atoms with Crippen LogP contribution in [0.15, 0.2) is 23.3 Å². The molecule has 0 bridgehead atoms. The van der Waals surface area contributed by atoms with E-state index in [1.165, 1.54) is 0 Å². The average molecular weight is 166 g/mol. The second-order valence-corrected chi connectivity index (χ2v) is 3.17. The van der Waals surface area contributed by atoms with Crippen LogP contribution in [0.4, 0.5) is 0 Å². The molecule has 0 aliphatic heterocycles. The molecule has 1 aromatic heterocycles. The van der Waals surface area contributed by atoms with Crippen LogP contribution in [0.2, 0.25) is 0 Å². The van der Waals surface area contributed by atoms with Gasteiger partial charge in [0.05, 0.1) is 0 Å². The van der Waals surface area contributed by atoms with Gasteiger partial charge in [0, 0.05) is 36.6 Å². The molecule has 12 heavy (non-hydrogen) atoms. The Kier molecular flexibility index (Phi) is 2.65. The van der Waals surface area contributed by atoms with Gasteiger partial charge in [-0.1, -0.05) is 0 Å². The van der Waals surface area contributed by atoms with Crippen molar-refractivity contribution in [1.82, 2.24) is 4.57 Å². The van der Waals surface area contributed by atoms with Crippen LogP contribution >= 0.6 is 0 Å². The van der Waals surface area contributed by atoms with Crippen LogP contribution in [-0.2, 0) is 6.54 Å². The van der Waals surface area contributed by atoms with Gasteiger partial charge in [0.25, 0.3) is 0 Å². The van der Waals surface area contributed by atoms with Crippen molar-refractivity contribution < 1.29 is 0 Å². The zero-order chi connectivity index (χ0) is 9.14. The van der Waals surface area contributed by atoms with Gasteiger partial charge in [-0.05, 0) is 13.8 Å². The fraction of sp³-hybridized carbons (Fsp3) is 0.444. The number of aromatic nitrogens is 1. The highest BCUT2D eigenvalue weighted by atomic mass is 16.1. The van der Waals surface area contributed by atoms with Crippen LogP contribution in [0.5, 0.6) is 0 Å². The Morgan fingerprint density at radius 1 is 1.67 bits per heavy atom. The Balaban J connectivity index is 2.90. The number of rotatable bonds is 2. The summed E-state index contributed by atoms with van der Waals surface area (Å²) in [5.41, 5.74) is 6.46. The molecular formula is C9H14N2O. The van der Waals surface area contributed by atoms with Gasteiger partial charge in [-0.15, -0.1) is 0 Å². The summed E-state index contributed by atoms with van der Waals surface area (Å²) in [7, 11) is 0. The molecule has 1 atom stereocenters. The summed E-state index contributed by atoms with van der Waals surface area (Å²) in [6.45, 7) is 4.49. The Bertz CT molecular complexity index is 315. The van der Waals surface area contributed by atoms with E-state index >= 15 is 0 Å². The fourth-order valence-corrected chi connectivity index (χ4v) is 1.10. The molecule has 1 rings (SSSR count). The van der Waals surface area contributed by atoms with E-state index in [0.717, 1.165) is 12.1 Å². The molecule has 0 saturated heterocycles. The quantitative estimate of drug-likeness (QED) is 0.695. The van der Waals surface area contributed by atoms with Crippen molar-refractivity contribution in [2.75, 3.05) is 0 Å². The van der Waals surface area contributed by atoms with Crippen LogP contribution in [0, 0.1) is 6.92 Å². The molecule has 0 aliphatic carbocycles. The van der Waals surface area contributed by atoms with E-state index in [-0.39, 0.29) is 11.5 Å². The third-order valence-electron chi connectivity index (χ3n) is 1.66. The van der Waals surface area contributed by atoms with Crippen molar-refractivity contribution in [1.29, 1.82) is 0 Å². The zero-order valence-electron chi connectivity index (χ0n) is 7.45. The Morgan fingerprint density at radius 2 is 2.33 bits per heavy atom. The van der Waals surface area contributed by atoms with E-state index in [1.807, 2.05) is 17.7 Å². The number of nitrogens with two attached hydrogens (primary N) is 1. The number of aryl methyl sites for hydroxylation is 1. The minimum absolute atomic E-state index is 0.0796. The largest absolute Gasteiger partial charge is 0.352 e. The second kappa shape index (κ2) is 3.54. The molecule has 1 unspecified atom stereocenters. The zero-order valence-corrected chi connectivity index (χ0v) is 7.45. The lowest BCUT2D eigenvalue weighted by molar-refractivity contribution is 0.585. The van der Waals surface area contributed by atoms with Crippen LogP contribution in [-0.4, -0.2) is 10.6 Å². The molecule has 1 heterocycles. The van der Waals surface area contributed by atoms with Crippen LogP contribution in [0.25, 0.3) is 0 Å². The summed E-state index contributed by atoms with van der Waals surface area (Å²) < 4.78 is 1.93. The van der Waals surface area contributed by atoms with Gasteiger partial charge in [0.2, 0.25) is 0 Å². The van der Waals surface area contributed by atoms with E-state index in [4.69, 9.17) is 5.73 Å². The Hall–Kier alpha value is -1.09. The topological polar surface area (TPSA) is 48.0 Å². The van der Waals surface area contributed by atoms with Crippen LogP contribution in [0.3, 0.4) is 0 Å². The summed E-state index contributed by atoms with van der Waals surface area (Å²) in [6, 6.07) is 1.68. The first-order valence-electron chi connectivity index (χ1n) is 4.02. The van der Waals surface area contributed by atoms with Gasteiger partial charge in [-0.3, -0.25) is 4.79 Å². The molecule has 3 nitrogen and oxygen atoms in total. The van der Waals surface area contributed by atoms with Crippen LogP contribution in [0.1, 0.15) is 12.5 Å². The van der Waals surface area contributed by atoms with E-state index < -0.39 is 0 Å². The van der Waals surface area contributed by atoms with Crippen molar-refractivity contribution in [3.8, 4) is 0 Å². The SMILES string of the molecule is Cc1cn(CC(C)N)ccc1=O. The first-order chi connectivity index (χ1) is 5.59. The minimum Gasteiger partial charge on any atom is -0.352 e. The fourth-order valence-electron chi connectivity index (χ4n) is 1.10. The molecule has 1 aromatic rings. The molecule has 3 heteroatoms. The van der Waals surface area contributed by atoms with E-state index in [2.05, 4.69) is 0 Å². The molecule has 0 saturated carbocycles. The maximum absolute atomic E-state index is 11.0. The molecule has 0 amide bonds. The van der Waals surface area contributed by atoms with Crippen molar-refractivity contribution in [2.24, 2.45) is 5.73 Å². The standard InChI is InChI=1S/C9H14N2O/c1-7-5-11(6-8(2)10)4-3-9(7)12/h3-5,8H,6,10H2,1-2H3. The van der Waals surface area contributed by atoms with Crippen molar-refractivity contribution in [3.63, 3.8) is 0 Å². The van der Waals surface area contributed by atoms with Gasteiger partial charge in [0.1, 0.15) is 0 Å². The minimum atomic E-state index is 0.0796. The summed E-state index contributed by atoms with van der Waals surface area (Å²) in [4.78, 5) is 11.0. The van der Waals surface area contributed by atoms with E-state index in [9.17, 15) is 4.79 Å². The maximum Gasteiger partial charge on any atom is 0.184 e. The lowest BCUT2D eigenvalue weighted by Crippen LogP contribution is -2.23. The summed E-state index contributed by atoms with van der Waals surface area (Å²) in [6.07, 6.45) is 3.59. The lowest BCUT2D eigenvalue weighted by atomic mass is 10.3. The number of hydrogen-bond donors (Lipinski definition) is 1. The number of nitrogens with zero attached hydrogens (tertiary/aromatic N) is 1. The van der Waals surface area contributed by atoms with Gasteiger partial charge in [0.15, 0.2) is 5.43 Å². The second-order valence-electron chi connectivity index (χ2n) is 3.17. The van der Waals surface area contributed by atoms with Gasteiger partial charge in [-0.2, -0.15) is 0 Å². The lowest BCUT2D eigenvalue weighted by Gasteiger charge is -2.09. The average Bonchev–Trinajstić information content (AvgIpc) is 1.96. The van der Waals surface area contributed by atoms with Crippen molar-refractivity contribution >= 4 is 0 Å². The Morgan fingerprint density at radius 3 is 2.83 bits per heavy atom. The first kappa shape index (κ1) is 9.00. The summed E-state index contributed by atoms with van der Waals surface area (Å²) >= 11 is 0. The highest BCUT2D eigenvalue weighted by Crippen LogP contribution is 1.92. The number of pyridine rings is 1. The predicted octanol–water partition coefficient (Wildman–Crippen LogP) is 0.504. The molecule has 0 radical (unpaired) electrons. The maximum atomic E-state index is 11.0. The third kappa shape index (κ3) is 2.20. The first-order valence-corrected chi connectivity index (χ1v) is 4.02. The highest BCUT2D eigenvalue weighted by molar-refractivity contribution is 5.07. The van der Waals surface area contributed by atoms with Gasteiger partial charge < -0.3 is 10.3 Å². The summed E-state index contributed by atoms with van der Waals surface area (Å²) in [5, 5.41) is 0. The van der Waals surface area contributed by atoms with E-state index in [1.54, 1.807) is 19.2 Å². The molecule has 0 fully saturated rings. The molecule has 0 aromatic carbocycles. The van der Waals surface area contributed by atoms with E-state index in [0.29, 0.717) is 0 Å². The summed E-state index contributed by atoms with van der Waals surface area (Å²) in [5.74, 6) is 0. The van der Waals surface area contributed by atoms with Gasteiger partial charge in [-0.25, -0.2) is 0 Å². The molecular weight excluding hydrogens is 152 g/mol. The predicted molar refractivity (Wildman–Crippen MR) is 49.1 cm³/mol. The molecule has 0 aliphatic rings. The monoisotopic (exact) mass is 166 g/mol. The number of hydrogen-bond acceptors (Lipinski definition) is 2. The van der Waals surface area contributed by atoms with Crippen LogP contribution < -0.4 is 11.2 Å². The van der Waals surface area contributed by atoms with Crippen molar-refractivity contribution in [2.45, 2.75) is 26.4 Å². The smallest absolute Gasteiger partial charge is 0.184 e.